The molecule has 0 aromatic rings. The van der Waals surface area contributed by atoms with Crippen LogP contribution in [0.1, 0.15) is 271 Å². The minimum absolute atomic E-state index is 0.211. The van der Waals surface area contributed by atoms with Gasteiger partial charge in [-0.1, -0.05) is 258 Å². The number of carboxylic acids is 1. The quantitative estimate of drug-likeness (QED) is 0.0619. The Kier molecular flexibility index (Phi) is 40.2. The van der Waals surface area contributed by atoms with Crippen LogP contribution in [0.5, 0.6) is 0 Å². The van der Waals surface area contributed by atoms with Crippen molar-refractivity contribution in [1.82, 2.24) is 0 Å². The van der Waals surface area contributed by atoms with Crippen LogP contribution in [0.25, 0.3) is 0 Å². The van der Waals surface area contributed by atoms with Gasteiger partial charge >= 0.3 is 0 Å². The predicted molar refractivity (Wildman–Crippen MR) is 205 cm³/mol. The molecule has 0 aromatic heterocycles. The van der Waals surface area contributed by atoms with Gasteiger partial charge in [0, 0.05) is 5.97 Å². The molecule has 0 spiro atoms. The Labute approximate surface area is 291 Å². The Hall–Kier alpha value is -0.530. The summed E-state index contributed by atoms with van der Waals surface area (Å²) in [5.41, 5.74) is 0. The molecule has 1 atom stereocenters. The van der Waals surface area contributed by atoms with Crippen molar-refractivity contribution in [3.63, 3.8) is 0 Å². The average molecular weight is 648 g/mol. The first-order chi connectivity index (χ1) is 22.7. The van der Waals surface area contributed by atoms with Crippen molar-refractivity contribution in [3.8, 4) is 0 Å². The minimum Gasteiger partial charge on any atom is -0.550 e. The fourth-order valence-electron chi connectivity index (χ4n) is 7.32. The van der Waals surface area contributed by atoms with Gasteiger partial charge in [-0.25, -0.2) is 0 Å². The van der Waals surface area contributed by atoms with Crippen molar-refractivity contribution in [2.45, 2.75) is 271 Å². The van der Waals surface area contributed by atoms with Crippen LogP contribution in [0.2, 0.25) is 0 Å². The molecule has 276 valence electrons. The van der Waals surface area contributed by atoms with Gasteiger partial charge in [-0.3, -0.25) is 0 Å². The number of aliphatic carboxylic acids is 1. The second kappa shape index (κ2) is 40.6. The van der Waals surface area contributed by atoms with E-state index in [1.807, 2.05) is 0 Å². The summed E-state index contributed by atoms with van der Waals surface area (Å²) in [6.07, 6.45) is 54.2. The fraction of sp³-hybridized carbons (Fsp3) is 0.977. The van der Waals surface area contributed by atoms with Gasteiger partial charge in [-0.05, 0) is 18.8 Å². The van der Waals surface area contributed by atoms with E-state index in [1.54, 1.807) is 0 Å². The van der Waals surface area contributed by atoms with Gasteiger partial charge in [0.1, 0.15) is 0 Å². The summed E-state index contributed by atoms with van der Waals surface area (Å²) in [4.78, 5) is 11.6. The molecule has 2 heteroatoms. The Morgan fingerprint density at radius 3 is 0.609 bits per heavy atom. The van der Waals surface area contributed by atoms with Crippen LogP contribution in [-0.2, 0) is 4.79 Å². The molecule has 0 amide bonds. The van der Waals surface area contributed by atoms with Crippen molar-refractivity contribution >= 4 is 5.97 Å². The maximum Gasteiger partial charge on any atom is 0.0445 e. The molecule has 0 aromatic carbocycles. The molecular formula is C44H87O2-. The zero-order valence-electron chi connectivity index (χ0n) is 32.2. The van der Waals surface area contributed by atoms with Gasteiger partial charge in [-0.15, -0.1) is 0 Å². The molecule has 46 heavy (non-hydrogen) atoms. The molecule has 0 aliphatic carbocycles. The number of carboxylic acid groups (broad SMARTS) is 1. The van der Waals surface area contributed by atoms with E-state index < -0.39 is 5.97 Å². The highest BCUT2D eigenvalue weighted by Gasteiger charge is 2.09. The van der Waals surface area contributed by atoms with E-state index in [-0.39, 0.29) is 5.92 Å². The summed E-state index contributed by atoms with van der Waals surface area (Å²) in [6, 6.07) is 0. The van der Waals surface area contributed by atoms with Crippen molar-refractivity contribution in [2.24, 2.45) is 5.92 Å². The molecule has 2 nitrogen and oxygen atoms in total. The Morgan fingerprint density at radius 1 is 0.304 bits per heavy atom. The molecule has 0 fully saturated rings. The first-order valence-corrected chi connectivity index (χ1v) is 21.9. The van der Waals surface area contributed by atoms with E-state index in [9.17, 15) is 9.90 Å². The summed E-state index contributed by atoms with van der Waals surface area (Å²) in [5, 5.41) is 11.6. The van der Waals surface area contributed by atoms with Crippen molar-refractivity contribution < 1.29 is 9.90 Å². The SMILES string of the molecule is CCCCCCCCCCCCCCCCCCCCCCC(CCCCCCCCCCCCCCCCCCCC)C(=O)[O-]. The van der Waals surface area contributed by atoms with E-state index in [0.29, 0.717) is 0 Å². The van der Waals surface area contributed by atoms with Gasteiger partial charge < -0.3 is 9.90 Å². The Morgan fingerprint density at radius 2 is 0.457 bits per heavy atom. The van der Waals surface area contributed by atoms with Crippen molar-refractivity contribution in [2.75, 3.05) is 0 Å². The second-order valence-corrected chi connectivity index (χ2v) is 15.3. The predicted octanol–water partition coefficient (Wildman–Crippen LogP) is 15.0. The van der Waals surface area contributed by atoms with Crippen LogP contribution in [0.15, 0.2) is 0 Å². The van der Waals surface area contributed by atoms with Gasteiger partial charge in [0.15, 0.2) is 0 Å². The summed E-state index contributed by atoms with van der Waals surface area (Å²) in [6.45, 7) is 4.59. The summed E-state index contributed by atoms with van der Waals surface area (Å²) in [7, 11) is 0. The highest BCUT2D eigenvalue weighted by Crippen LogP contribution is 2.20. The smallest absolute Gasteiger partial charge is 0.0445 e. The van der Waals surface area contributed by atoms with Gasteiger partial charge in [0.25, 0.3) is 0 Å². The van der Waals surface area contributed by atoms with Gasteiger partial charge in [0.2, 0.25) is 0 Å². The summed E-state index contributed by atoms with van der Waals surface area (Å²) < 4.78 is 0. The highest BCUT2D eigenvalue weighted by molar-refractivity contribution is 5.67. The standard InChI is InChI=1S/C44H88O2/c1-3-5-7-9-11-13-15-17-19-21-23-24-26-28-30-32-34-36-38-40-42-43(44(45)46)41-39-37-35-33-31-29-27-25-22-20-18-16-14-12-10-8-6-4-2/h43H,3-42H2,1-2H3,(H,45,46)/p-1. The second-order valence-electron chi connectivity index (χ2n) is 15.3. The van der Waals surface area contributed by atoms with Crippen LogP contribution in [0, 0.1) is 5.92 Å². The van der Waals surface area contributed by atoms with E-state index in [0.717, 1.165) is 25.7 Å². The average Bonchev–Trinajstić information content (AvgIpc) is 3.05. The molecule has 0 heterocycles. The number of carbonyl (C=O) groups excluding carboxylic acids is 1. The van der Waals surface area contributed by atoms with Crippen LogP contribution in [-0.4, -0.2) is 5.97 Å². The van der Waals surface area contributed by atoms with Gasteiger partial charge in [0.05, 0.1) is 0 Å². The highest BCUT2D eigenvalue weighted by atomic mass is 16.4. The maximum atomic E-state index is 11.6. The molecule has 0 bridgehead atoms. The molecule has 0 aliphatic heterocycles. The van der Waals surface area contributed by atoms with E-state index in [4.69, 9.17) is 0 Å². The summed E-state index contributed by atoms with van der Waals surface area (Å²) >= 11 is 0. The van der Waals surface area contributed by atoms with Crippen molar-refractivity contribution in [1.29, 1.82) is 0 Å². The number of carbonyl (C=O) groups is 1. The van der Waals surface area contributed by atoms with E-state index in [1.165, 1.54) is 231 Å². The van der Waals surface area contributed by atoms with Crippen molar-refractivity contribution in [3.05, 3.63) is 0 Å². The number of hydrogen-bond donors (Lipinski definition) is 0. The third-order valence-corrected chi connectivity index (χ3v) is 10.6. The normalized spacial score (nSPS) is 12.2. The molecule has 0 N–H and O–H groups in total. The third-order valence-electron chi connectivity index (χ3n) is 10.6. The number of hydrogen-bond acceptors (Lipinski definition) is 2. The fourth-order valence-corrected chi connectivity index (χ4v) is 7.32. The van der Waals surface area contributed by atoms with Crippen LogP contribution in [0.4, 0.5) is 0 Å². The van der Waals surface area contributed by atoms with Crippen LogP contribution in [0.3, 0.4) is 0 Å². The lowest BCUT2D eigenvalue weighted by Gasteiger charge is -2.17. The lowest BCUT2D eigenvalue weighted by molar-refractivity contribution is -0.312. The first-order valence-electron chi connectivity index (χ1n) is 21.9. The molecule has 0 rings (SSSR count). The molecule has 1 unspecified atom stereocenters. The van der Waals surface area contributed by atoms with Crippen LogP contribution < -0.4 is 5.11 Å². The third kappa shape index (κ3) is 37.9. The van der Waals surface area contributed by atoms with Crippen LogP contribution >= 0.6 is 0 Å². The number of rotatable bonds is 41. The largest absolute Gasteiger partial charge is 0.550 e. The lowest BCUT2D eigenvalue weighted by atomic mass is 9.94. The van der Waals surface area contributed by atoms with E-state index >= 15 is 0 Å². The molecule has 0 saturated heterocycles. The Bertz CT molecular complexity index is 558. The molecular weight excluding hydrogens is 560 g/mol. The topological polar surface area (TPSA) is 40.1 Å². The maximum absolute atomic E-state index is 11.6. The molecule has 0 aliphatic rings. The monoisotopic (exact) mass is 648 g/mol. The zero-order chi connectivity index (χ0) is 33.4. The van der Waals surface area contributed by atoms with E-state index in [2.05, 4.69) is 13.8 Å². The molecule has 0 saturated carbocycles. The molecule has 0 radical (unpaired) electrons. The first kappa shape index (κ1) is 45.5. The Balaban J connectivity index is 3.34. The zero-order valence-corrected chi connectivity index (χ0v) is 32.2. The minimum atomic E-state index is -0.801. The van der Waals surface area contributed by atoms with Gasteiger partial charge in [-0.2, -0.15) is 0 Å². The summed E-state index contributed by atoms with van der Waals surface area (Å²) in [5.74, 6) is -1.01. The number of unbranched alkanes of at least 4 members (excludes halogenated alkanes) is 36. The lowest BCUT2D eigenvalue weighted by Crippen LogP contribution is -2.31.